The van der Waals surface area contributed by atoms with Crippen LogP contribution >= 0.6 is 0 Å². The highest BCUT2D eigenvalue weighted by atomic mass is 19.1. The van der Waals surface area contributed by atoms with Crippen LogP contribution in [-0.4, -0.2) is 26.6 Å². The Kier molecular flexibility index (Phi) is 3.23. The molecule has 0 saturated heterocycles. The predicted molar refractivity (Wildman–Crippen MR) is 84.3 cm³/mol. The fourth-order valence-electron chi connectivity index (χ4n) is 2.69. The second-order valence-electron chi connectivity index (χ2n) is 5.45. The molecule has 0 bridgehead atoms. The van der Waals surface area contributed by atoms with E-state index in [1.165, 1.54) is 23.0 Å². The molecule has 0 atom stereocenters. The molecule has 0 fully saturated rings. The number of carbonyl (C=O) groups excluding carboxylic acids is 2. The van der Waals surface area contributed by atoms with Crippen molar-refractivity contribution in [3.63, 3.8) is 0 Å². The standard InChI is InChI=1S/C16H12FN5O2/c17-11-6-9-3-4-15(23)20-12(9)7-13(11)21-16(24)10-8-19-22-14(10)2-1-5-18-22/h1-2,5-8H,3-4H2,(H,20,23)(H,21,24). The summed E-state index contributed by atoms with van der Waals surface area (Å²) in [7, 11) is 0. The first kappa shape index (κ1) is 14.3. The first-order valence-electron chi connectivity index (χ1n) is 7.34. The number of hydrogen-bond donors (Lipinski definition) is 2. The molecule has 7 nitrogen and oxygen atoms in total. The third-order valence-corrected chi connectivity index (χ3v) is 3.89. The summed E-state index contributed by atoms with van der Waals surface area (Å²) < 4.78 is 15.5. The number of aryl methyl sites for hydroxylation is 1. The number of carbonyl (C=O) groups is 2. The molecular formula is C16H12FN5O2. The molecule has 24 heavy (non-hydrogen) atoms. The smallest absolute Gasteiger partial charge is 0.259 e. The lowest BCUT2D eigenvalue weighted by atomic mass is 10.0. The molecule has 1 aliphatic rings. The Morgan fingerprint density at radius 1 is 1.29 bits per heavy atom. The van der Waals surface area contributed by atoms with Crippen molar-refractivity contribution in [3.05, 3.63) is 53.6 Å². The Bertz CT molecular complexity index is 982. The number of nitrogens with one attached hydrogen (secondary N) is 2. The quantitative estimate of drug-likeness (QED) is 0.754. The Morgan fingerprint density at radius 2 is 2.17 bits per heavy atom. The van der Waals surface area contributed by atoms with Crippen LogP contribution < -0.4 is 10.6 Å². The van der Waals surface area contributed by atoms with Crippen molar-refractivity contribution < 1.29 is 14.0 Å². The monoisotopic (exact) mass is 325 g/mol. The lowest BCUT2D eigenvalue weighted by Crippen LogP contribution is -2.20. The number of nitrogens with zero attached hydrogens (tertiary/aromatic N) is 3. The average Bonchev–Trinajstić information content (AvgIpc) is 3.00. The molecule has 8 heteroatoms. The Labute approximate surface area is 135 Å². The minimum Gasteiger partial charge on any atom is -0.326 e. The van der Waals surface area contributed by atoms with Crippen molar-refractivity contribution in [2.24, 2.45) is 0 Å². The van der Waals surface area contributed by atoms with E-state index in [-0.39, 0.29) is 17.2 Å². The van der Waals surface area contributed by atoms with Gasteiger partial charge in [-0.25, -0.2) is 4.39 Å². The predicted octanol–water partition coefficient (Wildman–Crippen LogP) is 2.01. The van der Waals surface area contributed by atoms with Gasteiger partial charge in [0.2, 0.25) is 5.91 Å². The SMILES string of the molecule is O=C1CCc2cc(F)c(NC(=O)c3cnn4ncccc34)cc2N1. The molecule has 0 radical (unpaired) electrons. The summed E-state index contributed by atoms with van der Waals surface area (Å²) in [5.74, 6) is -1.17. The van der Waals surface area contributed by atoms with Crippen LogP contribution in [0, 0.1) is 5.82 Å². The van der Waals surface area contributed by atoms with Gasteiger partial charge in [0.25, 0.3) is 5.91 Å². The zero-order chi connectivity index (χ0) is 16.7. The second kappa shape index (κ2) is 5.41. The zero-order valence-electron chi connectivity index (χ0n) is 12.4. The normalized spacial score (nSPS) is 13.5. The molecule has 2 amide bonds. The van der Waals surface area contributed by atoms with E-state index >= 15 is 0 Å². The van der Waals surface area contributed by atoms with Crippen LogP contribution in [0.3, 0.4) is 0 Å². The van der Waals surface area contributed by atoms with Gasteiger partial charge in [-0.2, -0.15) is 14.8 Å². The van der Waals surface area contributed by atoms with E-state index in [1.54, 1.807) is 18.3 Å². The van der Waals surface area contributed by atoms with Gasteiger partial charge in [-0.05, 0) is 36.2 Å². The molecule has 0 saturated carbocycles. The first-order valence-corrected chi connectivity index (χ1v) is 7.34. The summed E-state index contributed by atoms with van der Waals surface area (Å²) in [4.78, 5) is 23.9. The number of fused-ring (bicyclic) bond motifs is 2. The number of halogens is 1. The largest absolute Gasteiger partial charge is 0.326 e. The molecule has 4 rings (SSSR count). The van der Waals surface area contributed by atoms with Gasteiger partial charge in [0.1, 0.15) is 11.3 Å². The Morgan fingerprint density at radius 3 is 3.04 bits per heavy atom. The Balaban J connectivity index is 1.66. The minimum absolute atomic E-state index is 0.00388. The fraction of sp³-hybridized carbons (Fsp3) is 0.125. The van der Waals surface area contributed by atoms with E-state index in [9.17, 15) is 14.0 Å². The molecule has 2 N–H and O–H groups in total. The van der Waals surface area contributed by atoms with Gasteiger partial charge in [0.05, 0.1) is 17.4 Å². The molecule has 120 valence electrons. The van der Waals surface area contributed by atoms with E-state index in [2.05, 4.69) is 20.8 Å². The maximum absolute atomic E-state index is 14.2. The minimum atomic E-state index is -0.548. The third kappa shape index (κ3) is 2.37. The molecule has 0 unspecified atom stereocenters. The number of benzene rings is 1. The summed E-state index contributed by atoms with van der Waals surface area (Å²) in [6.07, 6.45) is 3.73. The molecule has 1 aromatic carbocycles. The van der Waals surface area contributed by atoms with Gasteiger partial charge < -0.3 is 10.6 Å². The highest BCUT2D eigenvalue weighted by Crippen LogP contribution is 2.29. The topological polar surface area (TPSA) is 88.4 Å². The summed E-state index contributed by atoms with van der Waals surface area (Å²) in [6, 6.07) is 6.15. The van der Waals surface area contributed by atoms with E-state index in [4.69, 9.17) is 0 Å². The molecule has 0 spiro atoms. The first-order chi connectivity index (χ1) is 11.6. The van der Waals surface area contributed by atoms with Crippen LogP contribution in [0.1, 0.15) is 22.3 Å². The van der Waals surface area contributed by atoms with Crippen molar-refractivity contribution >= 4 is 28.7 Å². The van der Waals surface area contributed by atoms with Gasteiger partial charge in [-0.1, -0.05) is 0 Å². The lowest BCUT2D eigenvalue weighted by molar-refractivity contribution is -0.116. The highest BCUT2D eigenvalue weighted by Gasteiger charge is 2.20. The zero-order valence-corrected chi connectivity index (χ0v) is 12.4. The molecule has 1 aliphatic heterocycles. The van der Waals surface area contributed by atoms with Gasteiger partial charge in [-0.15, -0.1) is 0 Å². The fourth-order valence-corrected chi connectivity index (χ4v) is 2.69. The van der Waals surface area contributed by atoms with E-state index in [1.807, 2.05) is 0 Å². The van der Waals surface area contributed by atoms with E-state index < -0.39 is 11.7 Å². The van der Waals surface area contributed by atoms with E-state index in [0.717, 1.165) is 0 Å². The Hall–Kier alpha value is -3.29. The van der Waals surface area contributed by atoms with Crippen LogP contribution in [0.2, 0.25) is 0 Å². The number of rotatable bonds is 2. The molecule has 3 heterocycles. The van der Waals surface area contributed by atoms with Crippen LogP contribution in [0.5, 0.6) is 0 Å². The summed E-state index contributed by atoms with van der Waals surface area (Å²) >= 11 is 0. The number of aromatic nitrogens is 3. The average molecular weight is 325 g/mol. The second-order valence-corrected chi connectivity index (χ2v) is 5.45. The number of hydrogen-bond acceptors (Lipinski definition) is 4. The summed E-state index contributed by atoms with van der Waals surface area (Å²) in [5.41, 5.74) is 2.03. The molecule has 0 aliphatic carbocycles. The van der Waals surface area contributed by atoms with Crippen molar-refractivity contribution in [2.45, 2.75) is 12.8 Å². The van der Waals surface area contributed by atoms with E-state index in [0.29, 0.717) is 29.6 Å². The lowest BCUT2D eigenvalue weighted by Gasteiger charge is -2.18. The number of amides is 2. The van der Waals surface area contributed by atoms with Gasteiger partial charge in [0, 0.05) is 18.3 Å². The third-order valence-electron chi connectivity index (χ3n) is 3.89. The molecular weight excluding hydrogens is 313 g/mol. The molecule has 3 aromatic rings. The van der Waals surface area contributed by atoms with Crippen LogP contribution in [0.4, 0.5) is 15.8 Å². The molecule has 2 aromatic heterocycles. The van der Waals surface area contributed by atoms with Crippen molar-refractivity contribution in [2.75, 3.05) is 10.6 Å². The number of anilines is 2. The highest BCUT2D eigenvalue weighted by molar-refractivity contribution is 6.09. The van der Waals surface area contributed by atoms with Gasteiger partial charge in [-0.3, -0.25) is 9.59 Å². The van der Waals surface area contributed by atoms with Gasteiger partial charge >= 0.3 is 0 Å². The summed E-state index contributed by atoms with van der Waals surface area (Å²) in [5, 5.41) is 13.2. The van der Waals surface area contributed by atoms with Crippen molar-refractivity contribution in [1.82, 2.24) is 14.8 Å². The van der Waals surface area contributed by atoms with Crippen molar-refractivity contribution in [1.29, 1.82) is 0 Å². The summed E-state index contributed by atoms with van der Waals surface area (Å²) in [6.45, 7) is 0. The van der Waals surface area contributed by atoms with Crippen molar-refractivity contribution in [3.8, 4) is 0 Å². The van der Waals surface area contributed by atoms with Crippen LogP contribution in [0.15, 0.2) is 36.7 Å². The maximum atomic E-state index is 14.2. The maximum Gasteiger partial charge on any atom is 0.259 e. The van der Waals surface area contributed by atoms with Crippen LogP contribution in [0.25, 0.3) is 5.52 Å². The van der Waals surface area contributed by atoms with Crippen LogP contribution in [-0.2, 0) is 11.2 Å². The van der Waals surface area contributed by atoms with Gasteiger partial charge in [0.15, 0.2) is 0 Å².